The summed E-state index contributed by atoms with van der Waals surface area (Å²) in [5, 5.41) is 15.1. The highest BCUT2D eigenvalue weighted by Crippen LogP contribution is 2.22. The van der Waals surface area contributed by atoms with Crippen molar-refractivity contribution in [1.82, 2.24) is 15.2 Å². The Morgan fingerprint density at radius 2 is 2.11 bits per heavy atom. The largest absolute Gasteiger partial charge is 0.480 e. The molecule has 1 heterocycles. The van der Waals surface area contributed by atoms with Gasteiger partial charge in [0, 0.05) is 5.56 Å². The normalized spacial score (nSPS) is 12.3. The van der Waals surface area contributed by atoms with Crippen molar-refractivity contribution in [2.45, 2.75) is 17.3 Å². The number of aromatic amines is 1. The first-order chi connectivity index (χ1) is 8.56. The molecule has 0 amide bonds. The second kappa shape index (κ2) is 5.18. The number of rotatable bonds is 4. The quantitative estimate of drug-likeness (QED) is 0.830. The van der Waals surface area contributed by atoms with Crippen LogP contribution < -0.4 is 0 Å². The van der Waals surface area contributed by atoms with E-state index in [1.807, 2.05) is 0 Å². The van der Waals surface area contributed by atoms with Crippen LogP contribution in [0.3, 0.4) is 0 Å². The number of carboxylic acid groups (broad SMARTS) is 1. The molecule has 0 radical (unpaired) electrons. The first-order valence-corrected chi connectivity index (χ1v) is 6.02. The van der Waals surface area contributed by atoms with Crippen molar-refractivity contribution in [2.75, 3.05) is 0 Å². The lowest BCUT2D eigenvalue weighted by Gasteiger charge is -2.00. The van der Waals surface area contributed by atoms with E-state index in [-0.39, 0.29) is 5.82 Å². The summed E-state index contributed by atoms with van der Waals surface area (Å²) < 4.78 is 12.8. The topological polar surface area (TPSA) is 78.9 Å². The van der Waals surface area contributed by atoms with Gasteiger partial charge in [0.15, 0.2) is 5.82 Å². The predicted molar refractivity (Wildman–Crippen MR) is 64.7 cm³/mol. The van der Waals surface area contributed by atoms with Crippen LogP contribution in [-0.2, 0) is 4.79 Å². The van der Waals surface area contributed by atoms with Crippen LogP contribution in [0.25, 0.3) is 11.4 Å². The molecular weight excluding hydrogens is 257 g/mol. The molecule has 1 atom stereocenters. The van der Waals surface area contributed by atoms with Crippen LogP contribution in [-0.4, -0.2) is 31.5 Å². The van der Waals surface area contributed by atoms with E-state index >= 15 is 0 Å². The Bertz CT molecular complexity index is 556. The molecule has 0 bridgehead atoms. The molecule has 7 heteroatoms. The summed E-state index contributed by atoms with van der Waals surface area (Å²) in [6.07, 6.45) is 0. The van der Waals surface area contributed by atoms with E-state index in [4.69, 9.17) is 5.11 Å². The summed E-state index contributed by atoms with van der Waals surface area (Å²) in [5.74, 6) is -0.768. The number of benzene rings is 1. The molecule has 18 heavy (non-hydrogen) atoms. The maximum atomic E-state index is 12.8. The van der Waals surface area contributed by atoms with E-state index in [9.17, 15) is 9.18 Å². The van der Waals surface area contributed by atoms with Crippen molar-refractivity contribution in [3.8, 4) is 11.4 Å². The van der Waals surface area contributed by atoms with Gasteiger partial charge in [0.05, 0.1) is 0 Å². The van der Waals surface area contributed by atoms with E-state index in [1.165, 1.54) is 12.1 Å². The van der Waals surface area contributed by atoms with Gasteiger partial charge in [-0.05, 0) is 31.2 Å². The number of hydrogen-bond donors (Lipinski definition) is 2. The predicted octanol–water partition coefficient (Wildman–Crippen LogP) is 2.18. The Morgan fingerprint density at radius 3 is 2.72 bits per heavy atom. The van der Waals surface area contributed by atoms with Crippen molar-refractivity contribution in [3.63, 3.8) is 0 Å². The number of aromatic nitrogens is 3. The van der Waals surface area contributed by atoms with E-state index < -0.39 is 11.2 Å². The van der Waals surface area contributed by atoms with Crippen LogP contribution in [0.1, 0.15) is 6.92 Å². The van der Waals surface area contributed by atoms with Gasteiger partial charge in [-0.2, -0.15) is 0 Å². The van der Waals surface area contributed by atoms with E-state index in [2.05, 4.69) is 15.2 Å². The van der Waals surface area contributed by atoms with Gasteiger partial charge in [0.25, 0.3) is 0 Å². The van der Waals surface area contributed by atoms with Gasteiger partial charge in [-0.25, -0.2) is 9.37 Å². The zero-order chi connectivity index (χ0) is 13.1. The number of nitrogens with zero attached hydrogens (tertiary/aromatic N) is 2. The smallest absolute Gasteiger partial charge is 0.316 e. The Balaban J connectivity index is 2.15. The lowest BCUT2D eigenvalue weighted by molar-refractivity contribution is -0.136. The van der Waals surface area contributed by atoms with Gasteiger partial charge < -0.3 is 5.11 Å². The highest BCUT2D eigenvalue weighted by atomic mass is 32.2. The van der Waals surface area contributed by atoms with Crippen LogP contribution in [0, 0.1) is 5.82 Å². The standard InChI is InChI=1S/C11H10FN3O2S/c1-6(10(16)17)18-11-13-9(14-15-11)7-2-4-8(12)5-3-7/h2-6H,1H3,(H,16,17)(H,13,14,15)/t6-/m0/s1. The lowest BCUT2D eigenvalue weighted by atomic mass is 10.2. The van der Waals surface area contributed by atoms with Crippen LogP contribution >= 0.6 is 11.8 Å². The molecule has 0 saturated carbocycles. The Hall–Kier alpha value is -1.89. The molecule has 0 fully saturated rings. The molecule has 1 aromatic carbocycles. The number of carboxylic acids is 1. The number of halogens is 1. The third-order valence-corrected chi connectivity index (χ3v) is 3.16. The monoisotopic (exact) mass is 267 g/mol. The molecule has 0 unspecified atom stereocenters. The molecule has 2 N–H and O–H groups in total. The third kappa shape index (κ3) is 2.86. The van der Waals surface area contributed by atoms with E-state index in [1.54, 1.807) is 19.1 Å². The fourth-order valence-corrected chi connectivity index (χ4v) is 1.90. The average molecular weight is 267 g/mol. The molecule has 0 saturated heterocycles. The number of carbonyl (C=O) groups is 1. The minimum absolute atomic E-state index is 0.327. The average Bonchev–Trinajstić information content (AvgIpc) is 2.78. The molecule has 2 aromatic rings. The van der Waals surface area contributed by atoms with Crippen LogP contribution in [0.2, 0.25) is 0 Å². The molecule has 1 aromatic heterocycles. The van der Waals surface area contributed by atoms with Crippen molar-refractivity contribution < 1.29 is 14.3 Å². The van der Waals surface area contributed by atoms with Crippen molar-refractivity contribution in [1.29, 1.82) is 0 Å². The molecule has 0 aliphatic heterocycles. The Morgan fingerprint density at radius 1 is 1.44 bits per heavy atom. The molecule has 94 valence electrons. The zero-order valence-electron chi connectivity index (χ0n) is 9.42. The number of nitrogens with one attached hydrogen (secondary N) is 1. The van der Waals surface area contributed by atoms with E-state index in [0.29, 0.717) is 16.5 Å². The maximum Gasteiger partial charge on any atom is 0.316 e. The van der Waals surface area contributed by atoms with Crippen LogP contribution in [0.4, 0.5) is 4.39 Å². The van der Waals surface area contributed by atoms with Crippen molar-refractivity contribution in [3.05, 3.63) is 30.1 Å². The fourth-order valence-electron chi connectivity index (χ4n) is 1.24. The first kappa shape index (κ1) is 12.6. The minimum Gasteiger partial charge on any atom is -0.480 e. The van der Waals surface area contributed by atoms with Gasteiger partial charge in [0.1, 0.15) is 11.1 Å². The van der Waals surface area contributed by atoms with Crippen molar-refractivity contribution in [2.24, 2.45) is 0 Å². The molecular formula is C11H10FN3O2S. The maximum absolute atomic E-state index is 12.8. The molecule has 0 spiro atoms. The lowest BCUT2D eigenvalue weighted by Crippen LogP contribution is -2.11. The summed E-state index contributed by atoms with van der Waals surface area (Å²) in [7, 11) is 0. The second-order valence-corrected chi connectivity index (χ2v) is 4.88. The van der Waals surface area contributed by atoms with E-state index in [0.717, 1.165) is 11.8 Å². The molecule has 0 aliphatic carbocycles. The Kier molecular flexibility index (Phi) is 3.61. The molecule has 5 nitrogen and oxygen atoms in total. The van der Waals surface area contributed by atoms with Gasteiger partial charge in [-0.15, -0.1) is 5.10 Å². The van der Waals surface area contributed by atoms with Gasteiger partial charge in [0.2, 0.25) is 5.16 Å². The first-order valence-electron chi connectivity index (χ1n) is 5.14. The summed E-state index contributed by atoms with van der Waals surface area (Å²) in [4.78, 5) is 14.8. The SMILES string of the molecule is C[C@H](Sc1n[nH]c(-c2ccc(F)cc2)n1)C(=O)O. The van der Waals surface area contributed by atoms with Gasteiger partial charge in [-0.3, -0.25) is 9.89 Å². The second-order valence-electron chi connectivity index (χ2n) is 3.57. The minimum atomic E-state index is -0.923. The summed E-state index contributed by atoms with van der Waals surface area (Å²) in [6, 6.07) is 5.80. The molecule has 0 aliphatic rings. The highest BCUT2D eigenvalue weighted by Gasteiger charge is 2.15. The summed E-state index contributed by atoms with van der Waals surface area (Å²) in [6.45, 7) is 1.56. The zero-order valence-corrected chi connectivity index (χ0v) is 10.2. The van der Waals surface area contributed by atoms with Crippen LogP contribution in [0.15, 0.2) is 29.4 Å². The number of aliphatic carboxylic acids is 1. The van der Waals surface area contributed by atoms with Gasteiger partial charge in [-0.1, -0.05) is 11.8 Å². The summed E-state index contributed by atoms with van der Waals surface area (Å²) >= 11 is 1.04. The van der Waals surface area contributed by atoms with Crippen molar-refractivity contribution >= 4 is 17.7 Å². The number of H-pyrrole nitrogens is 1. The third-order valence-electron chi connectivity index (χ3n) is 2.21. The Labute approximate surface area is 106 Å². The van der Waals surface area contributed by atoms with Crippen LogP contribution in [0.5, 0.6) is 0 Å². The number of hydrogen-bond acceptors (Lipinski definition) is 4. The fraction of sp³-hybridized carbons (Fsp3) is 0.182. The summed E-state index contributed by atoms with van der Waals surface area (Å²) in [5.41, 5.74) is 0.693. The highest BCUT2D eigenvalue weighted by molar-refractivity contribution is 8.00. The number of thioether (sulfide) groups is 1. The van der Waals surface area contributed by atoms with Gasteiger partial charge >= 0.3 is 5.97 Å². The molecule has 2 rings (SSSR count).